The van der Waals surface area contributed by atoms with Crippen LogP contribution in [0.15, 0.2) is 34.1 Å². The normalized spacial score (nSPS) is 14.4. The number of allylic oxidation sites excluding steroid dienone is 1. The first-order valence-electron chi connectivity index (χ1n) is 7.50. The highest BCUT2D eigenvalue weighted by atomic mass is 32.1. The van der Waals surface area contributed by atoms with Crippen LogP contribution in [-0.4, -0.2) is 20.5 Å². The highest BCUT2D eigenvalue weighted by Gasteiger charge is 2.17. The van der Waals surface area contributed by atoms with Crippen LogP contribution in [0.1, 0.15) is 25.0 Å². The second-order valence-corrected chi connectivity index (χ2v) is 5.55. The SMILES string of the molecule is CCn1c(O)c(/C=C2/C=Nc3ccccc32)c(=O)n(CC)c1=S. The van der Waals surface area contributed by atoms with Gasteiger partial charge in [-0.05, 0) is 38.2 Å². The molecule has 1 aliphatic heterocycles. The molecule has 6 heteroatoms. The van der Waals surface area contributed by atoms with Crippen LogP contribution in [0.25, 0.3) is 11.6 Å². The van der Waals surface area contributed by atoms with Gasteiger partial charge in [0.1, 0.15) is 5.56 Å². The third-order valence-electron chi connectivity index (χ3n) is 3.92. The summed E-state index contributed by atoms with van der Waals surface area (Å²) in [6.45, 7) is 4.69. The molecule has 5 nitrogen and oxygen atoms in total. The molecular weight excluding hydrogens is 310 g/mol. The number of hydrogen-bond acceptors (Lipinski definition) is 4. The van der Waals surface area contributed by atoms with Crippen LogP contribution in [0.4, 0.5) is 5.69 Å². The number of nitrogens with zero attached hydrogens (tertiary/aromatic N) is 3. The maximum atomic E-state index is 12.6. The molecule has 2 heterocycles. The van der Waals surface area contributed by atoms with Crippen LogP contribution in [-0.2, 0) is 13.1 Å². The van der Waals surface area contributed by atoms with Gasteiger partial charge < -0.3 is 5.11 Å². The zero-order valence-corrected chi connectivity index (χ0v) is 13.8. The van der Waals surface area contributed by atoms with Gasteiger partial charge in [-0.15, -0.1) is 0 Å². The zero-order chi connectivity index (χ0) is 16.6. The smallest absolute Gasteiger partial charge is 0.265 e. The highest BCUT2D eigenvalue weighted by molar-refractivity contribution is 7.71. The Balaban J connectivity index is 2.27. The summed E-state index contributed by atoms with van der Waals surface area (Å²) in [6, 6.07) is 7.69. The standard InChI is InChI=1S/C17H17N3O2S/c1-3-19-15(21)13(16(22)20(4-2)17(19)23)9-11-10-18-14-8-6-5-7-12(11)14/h5-10,21H,3-4H2,1-2H3/b11-9-. The molecule has 0 atom stereocenters. The minimum absolute atomic E-state index is 0.0996. The van der Waals surface area contributed by atoms with Gasteiger partial charge in [-0.2, -0.15) is 0 Å². The van der Waals surface area contributed by atoms with Crippen molar-refractivity contribution < 1.29 is 5.11 Å². The second-order valence-electron chi connectivity index (χ2n) is 5.19. The predicted molar refractivity (Wildman–Crippen MR) is 95.0 cm³/mol. The number of fused-ring (bicyclic) bond motifs is 1. The zero-order valence-electron chi connectivity index (χ0n) is 13.0. The van der Waals surface area contributed by atoms with Gasteiger partial charge in [-0.25, -0.2) is 0 Å². The molecule has 1 N–H and O–H groups in total. The first-order chi connectivity index (χ1) is 11.1. The number of aliphatic imine (C=N–C) groups is 1. The Bertz CT molecular complexity index is 951. The third kappa shape index (κ3) is 2.45. The van der Waals surface area contributed by atoms with Crippen molar-refractivity contribution in [3.63, 3.8) is 0 Å². The molecule has 23 heavy (non-hydrogen) atoms. The van der Waals surface area contributed by atoms with Gasteiger partial charge in [0, 0.05) is 30.4 Å². The fraction of sp³-hybridized carbons (Fsp3) is 0.235. The minimum Gasteiger partial charge on any atom is -0.494 e. The number of para-hydroxylation sites is 1. The van der Waals surface area contributed by atoms with Gasteiger partial charge in [-0.1, -0.05) is 18.2 Å². The molecule has 0 radical (unpaired) electrons. The van der Waals surface area contributed by atoms with Crippen molar-refractivity contribution in [2.24, 2.45) is 4.99 Å². The molecule has 0 saturated carbocycles. The third-order valence-corrected chi connectivity index (χ3v) is 4.36. The molecule has 118 valence electrons. The Morgan fingerprint density at radius 2 is 1.91 bits per heavy atom. The van der Waals surface area contributed by atoms with Crippen molar-refractivity contribution in [1.29, 1.82) is 0 Å². The molecule has 0 saturated heterocycles. The van der Waals surface area contributed by atoms with E-state index in [4.69, 9.17) is 12.2 Å². The van der Waals surface area contributed by atoms with Crippen LogP contribution in [0.3, 0.4) is 0 Å². The fourth-order valence-electron chi connectivity index (χ4n) is 2.71. The Kier molecular flexibility index (Phi) is 4.00. The lowest BCUT2D eigenvalue weighted by Gasteiger charge is -2.14. The second kappa shape index (κ2) is 5.96. The van der Waals surface area contributed by atoms with E-state index in [1.807, 2.05) is 38.1 Å². The molecule has 0 bridgehead atoms. The van der Waals surface area contributed by atoms with E-state index in [9.17, 15) is 9.90 Å². The maximum absolute atomic E-state index is 12.6. The molecule has 0 fully saturated rings. The van der Waals surface area contributed by atoms with Gasteiger partial charge in [0.25, 0.3) is 5.56 Å². The van der Waals surface area contributed by atoms with E-state index >= 15 is 0 Å². The summed E-state index contributed by atoms with van der Waals surface area (Å²) in [7, 11) is 0. The minimum atomic E-state index is -0.287. The number of aromatic nitrogens is 2. The largest absolute Gasteiger partial charge is 0.494 e. The lowest BCUT2D eigenvalue weighted by molar-refractivity contribution is 0.399. The number of hydrogen-bond donors (Lipinski definition) is 1. The summed E-state index contributed by atoms with van der Waals surface area (Å²) in [5.74, 6) is -0.0996. The quantitative estimate of drug-likeness (QED) is 0.879. The number of rotatable bonds is 3. The monoisotopic (exact) mass is 327 g/mol. The van der Waals surface area contributed by atoms with Gasteiger partial charge in [-0.3, -0.25) is 18.9 Å². The van der Waals surface area contributed by atoms with Crippen molar-refractivity contribution in [1.82, 2.24) is 9.13 Å². The van der Waals surface area contributed by atoms with Crippen molar-refractivity contribution in [3.05, 3.63) is 50.5 Å². The van der Waals surface area contributed by atoms with Crippen molar-refractivity contribution in [2.75, 3.05) is 0 Å². The molecule has 0 unspecified atom stereocenters. The van der Waals surface area contributed by atoms with E-state index in [1.165, 1.54) is 4.57 Å². The topological polar surface area (TPSA) is 59.5 Å². The van der Waals surface area contributed by atoms with Crippen molar-refractivity contribution in [2.45, 2.75) is 26.9 Å². The van der Waals surface area contributed by atoms with E-state index in [-0.39, 0.29) is 17.0 Å². The number of benzene rings is 1. The van der Waals surface area contributed by atoms with Crippen LogP contribution < -0.4 is 5.56 Å². The Morgan fingerprint density at radius 3 is 2.61 bits per heavy atom. The van der Waals surface area contributed by atoms with Crippen LogP contribution in [0.5, 0.6) is 5.88 Å². The Morgan fingerprint density at radius 1 is 1.22 bits per heavy atom. The summed E-state index contributed by atoms with van der Waals surface area (Å²) in [4.78, 5) is 17.0. The summed E-state index contributed by atoms with van der Waals surface area (Å²) >= 11 is 5.29. The first kappa shape index (κ1) is 15.4. The predicted octanol–water partition coefficient (Wildman–Crippen LogP) is 3.38. The van der Waals surface area contributed by atoms with Gasteiger partial charge in [0.05, 0.1) is 5.69 Å². The van der Waals surface area contributed by atoms with Crippen LogP contribution in [0, 0.1) is 4.77 Å². The molecule has 2 aromatic rings. The Labute approximate surface area is 138 Å². The summed E-state index contributed by atoms with van der Waals surface area (Å²) in [6.07, 6.45) is 3.39. The van der Waals surface area contributed by atoms with E-state index < -0.39 is 0 Å². The summed E-state index contributed by atoms with van der Waals surface area (Å²) in [5, 5.41) is 10.5. The molecule has 0 amide bonds. The van der Waals surface area contributed by atoms with Gasteiger partial charge in [0.15, 0.2) is 4.77 Å². The van der Waals surface area contributed by atoms with Gasteiger partial charge >= 0.3 is 0 Å². The summed E-state index contributed by atoms with van der Waals surface area (Å²) < 4.78 is 3.38. The van der Waals surface area contributed by atoms with E-state index in [1.54, 1.807) is 16.9 Å². The van der Waals surface area contributed by atoms with E-state index in [0.717, 1.165) is 16.8 Å². The molecule has 1 aromatic carbocycles. The fourth-order valence-corrected chi connectivity index (χ4v) is 3.14. The van der Waals surface area contributed by atoms with Gasteiger partial charge in [0.2, 0.25) is 5.88 Å². The van der Waals surface area contributed by atoms with Crippen LogP contribution >= 0.6 is 12.2 Å². The first-order valence-corrected chi connectivity index (χ1v) is 7.91. The van der Waals surface area contributed by atoms with E-state index in [0.29, 0.717) is 17.9 Å². The molecule has 0 aliphatic carbocycles. The Hall–Kier alpha value is -2.47. The number of aromatic hydroxyl groups is 1. The van der Waals surface area contributed by atoms with E-state index in [2.05, 4.69) is 4.99 Å². The molecule has 3 rings (SSSR count). The molecule has 1 aromatic heterocycles. The maximum Gasteiger partial charge on any atom is 0.265 e. The molecule has 1 aliphatic rings. The molecule has 0 spiro atoms. The van der Waals surface area contributed by atoms with Crippen molar-refractivity contribution >= 4 is 35.8 Å². The lowest BCUT2D eigenvalue weighted by Crippen LogP contribution is -2.26. The molecular formula is C17H17N3O2S. The summed E-state index contributed by atoms with van der Waals surface area (Å²) in [5.41, 5.74) is 2.55. The highest BCUT2D eigenvalue weighted by Crippen LogP contribution is 2.32. The average Bonchev–Trinajstić information content (AvgIpc) is 2.95. The lowest BCUT2D eigenvalue weighted by atomic mass is 10.1. The average molecular weight is 327 g/mol. The van der Waals surface area contributed by atoms with Crippen LogP contribution in [0.2, 0.25) is 0 Å². The van der Waals surface area contributed by atoms with Crippen molar-refractivity contribution in [3.8, 4) is 5.88 Å².